The molecule has 1 heterocycles. The molecule has 0 amide bonds. The van der Waals surface area contributed by atoms with Crippen LogP contribution in [0.4, 0.5) is 24.8 Å². The van der Waals surface area contributed by atoms with Gasteiger partial charge in [0.2, 0.25) is 11.2 Å². The lowest BCUT2D eigenvalue weighted by Gasteiger charge is -2.10. The van der Waals surface area contributed by atoms with Gasteiger partial charge in [-0.15, -0.1) is 13.2 Å². The van der Waals surface area contributed by atoms with Crippen LogP contribution in [0, 0.1) is 6.92 Å². The van der Waals surface area contributed by atoms with E-state index in [1.54, 1.807) is 0 Å². The predicted molar refractivity (Wildman–Crippen MR) is 96.5 cm³/mol. The number of anilines is 2. The number of aryl methyl sites for hydroxylation is 1. The molecule has 27 heavy (non-hydrogen) atoms. The lowest BCUT2D eigenvalue weighted by Crippen LogP contribution is -2.17. The molecule has 2 aromatic carbocycles. The third-order valence-corrected chi connectivity index (χ3v) is 4.20. The summed E-state index contributed by atoms with van der Waals surface area (Å²) >= 11 is 7.26. The Hall–Kier alpha value is -2.52. The predicted octanol–water partition coefficient (Wildman–Crippen LogP) is 5.63. The van der Waals surface area contributed by atoms with E-state index in [4.69, 9.17) is 11.6 Å². The zero-order chi connectivity index (χ0) is 19.4. The normalized spacial score (nSPS) is 11.3. The second-order valence-corrected chi connectivity index (χ2v) is 6.70. The number of aromatic nitrogens is 3. The number of hydrogen-bond donors (Lipinski definition) is 1. The highest BCUT2D eigenvalue weighted by Crippen LogP contribution is 2.28. The summed E-state index contributed by atoms with van der Waals surface area (Å²) in [5.41, 5.74) is 1.60. The molecule has 1 aromatic heterocycles. The van der Waals surface area contributed by atoms with Gasteiger partial charge in [0.05, 0.1) is 0 Å². The zero-order valence-corrected chi connectivity index (χ0v) is 15.4. The van der Waals surface area contributed by atoms with Gasteiger partial charge in [-0.25, -0.2) is 0 Å². The topological polar surface area (TPSA) is 59.9 Å². The molecule has 3 aromatic rings. The third-order valence-electron chi connectivity index (χ3n) is 3.16. The fraction of sp³-hybridized carbons (Fsp3) is 0.118. The van der Waals surface area contributed by atoms with Crippen molar-refractivity contribution in [2.75, 3.05) is 5.32 Å². The van der Waals surface area contributed by atoms with Crippen molar-refractivity contribution in [3.8, 4) is 5.75 Å². The molecule has 0 aliphatic rings. The van der Waals surface area contributed by atoms with Crippen molar-refractivity contribution >= 4 is 35.0 Å². The Kier molecular flexibility index (Phi) is 5.71. The quantitative estimate of drug-likeness (QED) is 0.586. The number of ether oxygens (including phenoxy) is 1. The molecule has 0 aliphatic carbocycles. The summed E-state index contributed by atoms with van der Waals surface area (Å²) in [5, 5.41) is 3.26. The Balaban J connectivity index is 1.73. The van der Waals surface area contributed by atoms with E-state index in [9.17, 15) is 13.2 Å². The van der Waals surface area contributed by atoms with Gasteiger partial charge in [-0.2, -0.15) is 15.0 Å². The van der Waals surface area contributed by atoms with Crippen LogP contribution in [-0.2, 0) is 0 Å². The first-order valence-corrected chi connectivity index (χ1v) is 8.75. The van der Waals surface area contributed by atoms with E-state index in [2.05, 4.69) is 25.0 Å². The number of hydrogen-bond acceptors (Lipinski definition) is 6. The molecule has 0 spiro atoms. The van der Waals surface area contributed by atoms with Gasteiger partial charge < -0.3 is 10.1 Å². The van der Waals surface area contributed by atoms with Crippen molar-refractivity contribution in [3.63, 3.8) is 0 Å². The monoisotopic (exact) mass is 412 g/mol. The van der Waals surface area contributed by atoms with Gasteiger partial charge in [0, 0.05) is 10.6 Å². The number of rotatable bonds is 5. The maximum atomic E-state index is 12.2. The molecule has 0 saturated carbocycles. The van der Waals surface area contributed by atoms with E-state index in [0.717, 1.165) is 10.5 Å². The maximum Gasteiger partial charge on any atom is 0.573 e. The van der Waals surface area contributed by atoms with Gasteiger partial charge in [0.1, 0.15) is 5.75 Å². The second kappa shape index (κ2) is 8.01. The van der Waals surface area contributed by atoms with Crippen LogP contribution in [-0.4, -0.2) is 21.3 Å². The van der Waals surface area contributed by atoms with Crippen LogP contribution in [0.3, 0.4) is 0 Å². The summed E-state index contributed by atoms with van der Waals surface area (Å²) in [6.07, 6.45) is -4.74. The Bertz CT molecular complexity index is 921. The van der Waals surface area contributed by atoms with E-state index in [-0.39, 0.29) is 17.0 Å². The Morgan fingerprint density at radius 2 is 1.63 bits per heavy atom. The van der Waals surface area contributed by atoms with E-state index in [1.165, 1.54) is 36.0 Å². The minimum atomic E-state index is -4.74. The van der Waals surface area contributed by atoms with Gasteiger partial charge in [-0.05, 0) is 66.7 Å². The first-order chi connectivity index (χ1) is 12.8. The highest BCUT2D eigenvalue weighted by molar-refractivity contribution is 7.99. The summed E-state index contributed by atoms with van der Waals surface area (Å²) in [6, 6.07) is 13.0. The highest BCUT2D eigenvalue weighted by atomic mass is 35.5. The Labute approximate surface area is 162 Å². The third kappa shape index (κ3) is 6.00. The lowest BCUT2D eigenvalue weighted by atomic mass is 10.2. The van der Waals surface area contributed by atoms with Crippen molar-refractivity contribution in [1.82, 2.24) is 15.0 Å². The maximum absolute atomic E-state index is 12.2. The molecule has 1 N–H and O–H groups in total. The van der Waals surface area contributed by atoms with Crippen molar-refractivity contribution in [2.45, 2.75) is 23.3 Å². The molecule has 10 heteroatoms. The van der Waals surface area contributed by atoms with Crippen LogP contribution in [0.2, 0.25) is 5.28 Å². The van der Waals surface area contributed by atoms with Crippen LogP contribution in [0.5, 0.6) is 5.75 Å². The molecule has 0 fully saturated rings. The summed E-state index contributed by atoms with van der Waals surface area (Å²) in [5.74, 6) is -0.147. The number of halogens is 4. The van der Waals surface area contributed by atoms with Crippen LogP contribution >= 0.6 is 23.4 Å². The molecular formula is C17H12ClF3N4OS. The number of alkyl halides is 3. The van der Waals surface area contributed by atoms with Crippen LogP contribution in [0.25, 0.3) is 0 Å². The number of nitrogens with zero attached hydrogens (tertiary/aromatic N) is 3. The smallest absolute Gasteiger partial charge is 0.406 e. The molecule has 0 atom stereocenters. The van der Waals surface area contributed by atoms with E-state index in [1.807, 2.05) is 31.2 Å². The molecule has 0 saturated heterocycles. The van der Waals surface area contributed by atoms with Gasteiger partial charge in [0.25, 0.3) is 0 Å². The van der Waals surface area contributed by atoms with Gasteiger partial charge in [-0.1, -0.05) is 17.7 Å². The molecule has 0 unspecified atom stereocenters. The van der Waals surface area contributed by atoms with Crippen molar-refractivity contribution in [3.05, 3.63) is 59.4 Å². The molecule has 140 valence electrons. The molecule has 5 nitrogen and oxygen atoms in total. The Morgan fingerprint density at radius 3 is 2.26 bits per heavy atom. The molecule has 3 rings (SSSR count). The van der Waals surface area contributed by atoms with Crippen molar-refractivity contribution < 1.29 is 17.9 Å². The standard InChI is InChI=1S/C17H12ClF3N4OS/c1-10-2-8-13(9-3-10)27-16-24-14(18)23-15(25-16)22-11-4-6-12(7-5-11)26-17(19,20)21/h2-9H,1H3,(H,22,23,24,25). The summed E-state index contributed by atoms with van der Waals surface area (Å²) in [4.78, 5) is 13.2. The van der Waals surface area contributed by atoms with Crippen LogP contribution in [0.15, 0.2) is 58.6 Å². The van der Waals surface area contributed by atoms with Crippen molar-refractivity contribution in [2.24, 2.45) is 0 Å². The van der Waals surface area contributed by atoms with Gasteiger partial charge >= 0.3 is 6.36 Å². The van der Waals surface area contributed by atoms with Crippen LogP contribution in [0.1, 0.15) is 5.56 Å². The Morgan fingerprint density at radius 1 is 0.963 bits per heavy atom. The number of nitrogens with one attached hydrogen (secondary N) is 1. The first-order valence-electron chi connectivity index (χ1n) is 7.56. The fourth-order valence-corrected chi connectivity index (χ4v) is 2.97. The van der Waals surface area contributed by atoms with E-state index >= 15 is 0 Å². The average molecular weight is 413 g/mol. The highest BCUT2D eigenvalue weighted by Gasteiger charge is 2.30. The first kappa shape index (κ1) is 19.2. The molecule has 0 aliphatic heterocycles. The van der Waals surface area contributed by atoms with Crippen molar-refractivity contribution in [1.29, 1.82) is 0 Å². The molecule has 0 bridgehead atoms. The van der Waals surface area contributed by atoms with Gasteiger partial charge in [-0.3, -0.25) is 0 Å². The van der Waals surface area contributed by atoms with Crippen LogP contribution < -0.4 is 10.1 Å². The summed E-state index contributed by atoms with van der Waals surface area (Å²) < 4.78 is 40.4. The minimum Gasteiger partial charge on any atom is -0.406 e. The fourth-order valence-electron chi connectivity index (χ4n) is 2.01. The van der Waals surface area contributed by atoms with E-state index in [0.29, 0.717) is 10.8 Å². The largest absolute Gasteiger partial charge is 0.573 e. The SMILES string of the molecule is Cc1ccc(Sc2nc(Cl)nc(Nc3ccc(OC(F)(F)F)cc3)n2)cc1. The van der Waals surface area contributed by atoms with E-state index < -0.39 is 6.36 Å². The summed E-state index contributed by atoms with van der Waals surface area (Å²) in [6.45, 7) is 1.99. The molecule has 0 radical (unpaired) electrons. The lowest BCUT2D eigenvalue weighted by molar-refractivity contribution is -0.274. The average Bonchev–Trinajstić information content (AvgIpc) is 2.57. The number of benzene rings is 2. The summed E-state index contributed by atoms with van der Waals surface area (Å²) in [7, 11) is 0. The van der Waals surface area contributed by atoms with Gasteiger partial charge in [0.15, 0.2) is 5.16 Å². The minimum absolute atomic E-state index is 0.000799. The molecular weight excluding hydrogens is 401 g/mol. The second-order valence-electron chi connectivity index (χ2n) is 5.32. The zero-order valence-electron chi connectivity index (χ0n) is 13.8.